The molecule has 7 nitrogen and oxygen atoms in total. The lowest BCUT2D eigenvalue weighted by molar-refractivity contribution is -0.130. The van der Waals surface area contributed by atoms with Crippen LogP contribution in [0.2, 0.25) is 0 Å². The van der Waals surface area contributed by atoms with Crippen molar-refractivity contribution in [3.8, 4) is 0 Å². The van der Waals surface area contributed by atoms with Crippen LogP contribution in [0.25, 0.3) is 0 Å². The van der Waals surface area contributed by atoms with Gasteiger partial charge in [0, 0.05) is 39.1 Å². The maximum absolute atomic E-state index is 13.0. The molecule has 0 aliphatic carbocycles. The molecule has 26 heavy (non-hydrogen) atoms. The van der Waals surface area contributed by atoms with Crippen molar-refractivity contribution >= 4 is 15.9 Å². The van der Waals surface area contributed by atoms with Gasteiger partial charge in [-0.15, -0.1) is 0 Å². The maximum atomic E-state index is 13.0. The summed E-state index contributed by atoms with van der Waals surface area (Å²) in [4.78, 5) is 14.2. The minimum atomic E-state index is -3.52. The number of hydrogen-bond donors (Lipinski definition) is 0. The highest BCUT2D eigenvalue weighted by Crippen LogP contribution is 2.27. The van der Waals surface area contributed by atoms with Crippen molar-refractivity contribution in [2.75, 3.05) is 26.2 Å². The quantitative estimate of drug-likeness (QED) is 0.724. The molecule has 0 spiro atoms. The first-order valence-electron chi connectivity index (χ1n) is 9.82. The van der Waals surface area contributed by atoms with Crippen LogP contribution in [-0.4, -0.2) is 59.5 Å². The summed E-state index contributed by atoms with van der Waals surface area (Å²) in [5.41, 5.74) is 0. The Hall–Kier alpha value is -1.41. The molecule has 3 heterocycles. The number of nitrogens with zero attached hydrogens (tertiary/aromatic N) is 4. The highest BCUT2D eigenvalue weighted by molar-refractivity contribution is 7.89. The van der Waals surface area contributed by atoms with Gasteiger partial charge in [0.25, 0.3) is 10.0 Å². The Bertz CT molecular complexity index is 710. The lowest BCUT2D eigenvalue weighted by atomic mass is 9.94. The lowest BCUT2D eigenvalue weighted by Gasteiger charge is -2.32. The summed E-state index contributed by atoms with van der Waals surface area (Å²) >= 11 is 0. The van der Waals surface area contributed by atoms with Crippen molar-refractivity contribution in [2.45, 2.75) is 63.4 Å². The number of rotatable bonds is 7. The highest BCUT2D eigenvalue weighted by atomic mass is 32.2. The number of hydrogen-bond acceptors (Lipinski definition) is 4. The minimum absolute atomic E-state index is 0.225. The molecular formula is C18H30N4O3S. The molecule has 0 N–H and O–H groups in total. The molecule has 0 radical (unpaired) electrons. The van der Waals surface area contributed by atoms with Gasteiger partial charge in [0.15, 0.2) is 5.03 Å². The third kappa shape index (κ3) is 4.28. The summed E-state index contributed by atoms with van der Waals surface area (Å²) in [5.74, 6) is 0.483. The summed E-state index contributed by atoms with van der Waals surface area (Å²) in [6.07, 6.45) is 7.75. The zero-order valence-electron chi connectivity index (χ0n) is 15.6. The predicted octanol–water partition coefficient (Wildman–Crippen LogP) is 2.10. The maximum Gasteiger partial charge on any atom is 0.260 e. The van der Waals surface area contributed by atoms with Crippen LogP contribution in [0.3, 0.4) is 0 Å². The van der Waals surface area contributed by atoms with Gasteiger partial charge in [0.2, 0.25) is 5.91 Å². The highest BCUT2D eigenvalue weighted by Gasteiger charge is 2.32. The summed E-state index contributed by atoms with van der Waals surface area (Å²) in [6.45, 7) is 5.43. The van der Waals surface area contributed by atoms with Crippen LogP contribution >= 0.6 is 0 Å². The van der Waals surface area contributed by atoms with Gasteiger partial charge in [-0.05, 0) is 50.5 Å². The summed E-state index contributed by atoms with van der Waals surface area (Å²) in [6, 6.07) is 1.59. The number of amides is 1. The molecule has 1 unspecified atom stereocenters. The normalized spacial score (nSPS) is 22.0. The predicted molar refractivity (Wildman–Crippen MR) is 99.0 cm³/mol. The smallest absolute Gasteiger partial charge is 0.260 e. The fourth-order valence-corrected chi connectivity index (χ4v) is 5.66. The van der Waals surface area contributed by atoms with E-state index >= 15 is 0 Å². The van der Waals surface area contributed by atoms with Gasteiger partial charge in [0.05, 0.1) is 6.20 Å². The molecule has 1 aromatic rings. The SMILES string of the molecule is CCCn1nccc1S(=O)(=O)N1CCCC(CCC(=O)N2CCCC2)C1. The fraction of sp³-hybridized carbons (Fsp3) is 0.778. The first-order chi connectivity index (χ1) is 12.5. The number of aromatic nitrogens is 2. The van der Waals surface area contributed by atoms with Crippen LogP contribution in [0.5, 0.6) is 0 Å². The Morgan fingerprint density at radius 3 is 2.73 bits per heavy atom. The molecule has 146 valence electrons. The molecular weight excluding hydrogens is 352 g/mol. The summed E-state index contributed by atoms with van der Waals surface area (Å²) in [5, 5.41) is 4.44. The monoisotopic (exact) mass is 382 g/mol. The first kappa shape index (κ1) is 19.4. The molecule has 3 rings (SSSR count). The lowest BCUT2D eigenvalue weighted by Crippen LogP contribution is -2.41. The van der Waals surface area contributed by atoms with E-state index in [0.717, 1.165) is 51.6 Å². The minimum Gasteiger partial charge on any atom is -0.343 e. The van der Waals surface area contributed by atoms with Crippen LogP contribution in [0.1, 0.15) is 51.9 Å². The van der Waals surface area contributed by atoms with Crippen LogP contribution in [-0.2, 0) is 21.4 Å². The molecule has 0 saturated carbocycles. The molecule has 0 aromatic carbocycles. The van der Waals surface area contributed by atoms with E-state index < -0.39 is 10.0 Å². The van der Waals surface area contributed by atoms with Gasteiger partial charge >= 0.3 is 0 Å². The molecule has 1 atom stereocenters. The molecule has 1 amide bonds. The van der Waals surface area contributed by atoms with Crippen molar-refractivity contribution in [3.63, 3.8) is 0 Å². The standard InChI is InChI=1S/C18H30N4O3S/c1-2-11-22-18(9-10-19-22)26(24,25)21-14-5-6-16(15-21)7-8-17(23)20-12-3-4-13-20/h9-10,16H,2-8,11-15H2,1H3. The number of carbonyl (C=O) groups is 1. The number of sulfonamides is 1. The second-order valence-electron chi connectivity index (χ2n) is 7.39. The van der Waals surface area contributed by atoms with Crippen molar-refractivity contribution in [1.82, 2.24) is 19.0 Å². The fourth-order valence-electron chi connectivity index (χ4n) is 3.98. The van der Waals surface area contributed by atoms with Gasteiger partial charge in [-0.1, -0.05) is 6.92 Å². The molecule has 2 saturated heterocycles. The third-order valence-electron chi connectivity index (χ3n) is 5.42. The van der Waals surface area contributed by atoms with Crippen LogP contribution < -0.4 is 0 Å². The van der Waals surface area contributed by atoms with Crippen molar-refractivity contribution in [3.05, 3.63) is 12.3 Å². The topological polar surface area (TPSA) is 75.5 Å². The van der Waals surface area contributed by atoms with Crippen molar-refractivity contribution in [1.29, 1.82) is 0 Å². The van der Waals surface area contributed by atoms with Crippen LogP contribution in [0, 0.1) is 5.92 Å². The number of likely N-dealkylation sites (tertiary alicyclic amines) is 1. The van der Waals surface area contributed by atoms with Crippen LogP contribution in [0.4, 0.5) is 0 Å². The van der Waals surface area contributed by atoms with Crippen molar-refractivity contribution < 1.29 is 13.2 Å². The van der Waals surface area contributed by atoms with E-state index in [4.69, 9.17) is 0 Å². The Morgan fingerprint density at radius 2 is 2.00 bits per heavy atom. The van der Waals surface area contributed by atoms with E-state index in [1.54, 1.807) is 21.3 Å². The van der Waals surface area contributed by atoms with E-state index in [-0.39, 0.29) is 16.9 Å². The zero-order valence-corrected chi connectivity index (χ0v) is 16.5. The van der Waals surface area contributed by atoms with E-state index in [2.05, 4.69) is 5.10 Å². The van der Waals surface area contributed by atoms with E-state index in [1.165, 1.54) is 0 Å². The van der Waals surface area contributed by atoms with Crippen LogP contribution in [0.15, 0.2) is 17.3 Å². The molecule has 2 fully saturated rings. The van der Waals surface area contributed by atoms with Gasteiger partial charge in [-0.3, -0.25) is 9.48 Å². The second kappa shape index (κ2) is 8.52. The molecule has 1 aromatic heterocycles. The largest absolute Gasteiger partial charge is 0.343 e. The van der Waals surface area contributed by atoms with Gasteiger partial charge in [-0.2, -0.15) is 9.40 Å². The Balaban J connectivity index is 1.60. The number of carbonyl (C=O) groups excluding carboxylic acids is 1. The van der Waals surface area contributed by atoms with Gasteiger partial charge < -0.3 is 4.90 Å². The Morgan fingerprint density at radius 1 is 1.23 bits per heavy atom. The van der Waals surface area contributed by atoms with E-state index in [0.29, 0.717) is 26.1 Å². The number of piperidine rings is 1. The Kier molecular flexibility index (Phi) is 6.34. The summed E-state index contributed by atoms with van der Waals surface area (Å²) < 4.78 is 29.2. The molecule has 0 bridgehead atoms. The van der Waals surface area contributed by atoms with E-state index in [9.17, 15) is 13.2 Å². The second-order valence-corrected chi connectivity index (χ2v) is 9.28. The third-order valence-corrected chi connectivity index (χ3v) is 7.31. The van der Waals surface area contributed by atoms with Crippen molar-refractivity contribution in [2.24, 2.45) is 5.92 Å². The first-order valence-corrected chi connectivity index (χ1v) is 11.3. The number of aryl methyl sites for hydroxylation is 1. The average molecular weight is 383 g/mol. The summed E-state index contributed by atoms with van der Waals surface area (Å²) in [7, 11) is -3.52. The molecule has 2 aliphatic rings. The van der Waals surface area contributed by atoms with E-state index in [1.807, 2.05) is 11.8 Å². The molecule has 2 aliphatic heterocycles. The van der Waals surface area contributed by atoms with Gasteiger partial charge in [-0.25, -0.2) is 8.42 Å². The Labute approximate surface area is 156 Å². The average Bonchev–Trinajstić information content (AvgIpc) is 3.32. The zero-order chi connectivity index (χ0) is 18.6. The van der Waals surface area contributed by atoms with Gasteiger partial charge in [0.1, 0.15) is 0 Å². The molecule has 8 heteroatoms.